The van der Waals surface area contributed by atoms with Crippen LogP contribution in [0.1, 0.15) is 50.7 Å². The number of hydrogen-bond donors (Lipinski definition) is 2. The summed E-state index contributed by atoms with van der Waals surface area (Å²) in [5, 5.41) is 0. The number of nitrogens with one attached hydrogen (secondary N) is 1. The Kier molecular flexibility index (Phi) is 7.37. The van der Waals surface area contributed by atoms with E-state index in [-0.39, 0.29) is 36.3 Å². The number of aromatic nitrogens is 2. The number of aromatic amines is 1. The second kappa shape index (κ2) is 10.0. The van der Waals surface area contributed by atoms with E-state index in [0.717, 1.165) is 30.4 Å². The van der Waals surface area contributed by atoms with Crippen LogP contribution in [0.3, 0.4) is 0 Å². The molecule has 2 heterocycles. The van der Waals surface area contributed by atoms with Crippen molar-refractivity contribution in [1.29, 1.82) is 0 Å². The van der Waals surface area contributed by atoms with Gasteiger partial charge in [0.1, 0.15) is 11.6 Å². The minimum atomic E-state index is -0.690. The fourth-order valence-corrected chi connectivity index (χ4v) is 4.29. The van der Waals surface area contributed by atoms with Crippen molar-refractivity contribution in [2.45, 2.75) is 59.4 Å². The van der Waals surface area contributed by atoms with E-state index in [1.807, 2.05) is 26.8 Å². The second-order valence-electron chi connectivity index (χ2n) is 8.32. The van der Waals surface area contributed by atoms with Gasteiger partial charge in [0.15, 0.2) is 5.69 Å². The first kappa shape index (κ1) is 23.6. The largest absolute Gasteiger partial charge is 0.383 e. The predicted molar refractivity (Wildman–Crippen MR) is 125 cm³/mol. The molecule has 1 amide bonds. The topological polar surface area (TPSA) is 104 Å². The van der Waals surface area contributed by atoms with Crippen LogP contribution in [0.15, 0.2) is 21.7 Å². The number of fused-ring (bicyclic) bond motifs is 1. The Morgan fingerprint density at radius 3 is 2.69 bits per heavy atom. The van der Waals surface area contributed by atoms with Crippen LogP contribution >= 0.6 is 0 Å². The standard InChI is InChI=1S/C23H32FN5O3/c1-4-6-11-28(20-21(25)29(9-5-2)23(32)26-22(20)31)18(30)14-27-10-7-8-16-12-15(3)13-17(24)19(16)27/h12-13H,4-11,14,25H2,1-3H3,(H,26,31,32). The van der Waals surface area contributed by atoms with Crippen molar-refractivity contribution in [1.82, 2.24) is 9.55 Å². The maximum atomic E-state index is 14.8. The Labute approximate surface area is 186 Å². The molecular formula is C23H32FN5O3. The molecule has 0 atom stereocenters. The molecule has 9 heteroatoms. The third-order valence-corrected chi connectivity index (χ3v) is 5.77. The first-order chi connectivity index (χ1) is 15.3. The van der Waals surface area contributed by atoms with Crippen molar-refractivity contribution >= 4 is 23.1 Å². The normalized spacial score (nSPS) is 13.2. The lowest BCUT2D eigenvalue weighted by molar-refractivity contribution is -0.117. The number of nitrogen functional groups attached to an aromatic ring is 1. The smallest absolute Gasteiger partial charge is 0.330 e. The van der Waals surface area contributed by atoms with Gasteiger partial charge >= 0.3 is 5.69 Å². The van der Waals surface area contributed by atoms with Gasteiger partial charge in [0, 0.05) is 19.6 Å². The molecule has 3 N–H and O–H groups in total. The van der Waals surface area contributed by atoms with Gasteiger partial charge in [-0.15, -0.1) is 0 Å². The molecule has 32 heavy (non-hydrogen) atoms. The molecule has 2 aromatic rings. The molecule has 0 fully saturated rings. The summed E-state index contributed by atoms with van der Waals surface area (Å²) in [5.41, 5.74) is 7.08. The van der Waals surface area contributed by atoms with Gasteiger partial charge in [-0.1, -0.05) is 26.3 Å². The zero-order valence-electron chi connectivity index (χ0n) is 19.0. The highest BCUT2D eigenvalue weighted by Gasteiger charge is 2.28. The lowest BCUT2D eigenvalue weighted by Gasteiger charge is -2.33. The van der Waals surface area contributed by atoms with Gasteiger partial charge in [0.05, 0.1) is 12.2 Å². The minimum Gasteiger partial charge on any atom is -0.383 e. The van der Waals surface area contributed by atoms with Crippen LogP contribution in [-0.2, 0) is 17.8 Å². The number of benzene rings is 1. The first-order valence-electron chi connectivity index (χ1n) is 11.2. The molecule has 0 radical (unpaired) electrons. The molecule has 8 nitrogen and oxygen atoms in total. The summed E-state index contributed by atoms with van der Waals surface area (Å²) in [6.07, 6.45) is 3.66. The molecule has 1 aliphatic heterocycles. The summed E-state index contributed by atoms with van der Waals surface area (Å²) >= 11 is 0. The average Bonchev–Trinajstić information content (AvgIpc) is 2.72. The van der Waals surface area contributed by atoms with Crippen LogP contribution < -0.4 is 26.8 Å². The summed E-state index contributed by atoms with van der Waals surface area (Å²) < 4.78 is 16.1. The predicted octanol–water partition coefficient (Wildman–Crippen LogP) is 2.56. The van der Waals surface area contributed by atoms with Gasteiger partial charge in [-0.2, -0.15) is 0 Å². The fraction of sp³-hybridized carbons (Fsp3) is 0.522. The summed E-state index contributed by atoms with van der Waals surface area (Å²) in [5.74, 6) is -0.725. The maximum Gasteiger partial charge on any atom is 0.330 e. The maximum absolute atomic E-state index is 14.8. The minimum absolute atomic E-state index is 0.0156. The van der Waals surface area contributed by atoms with E-state index in [1.165, 1.54) is 15.5 Å². The van der Waals surface area contributed by atoms with Crippen LogP contribution in [-0.4, -0.2) is 35.1 Å². The summed E-state index contributed by atoms with van der Waals surface area (Å²) in [6.45, 7) is 6.79. The van der Waals surface area contributed by atoms with Crippen LogP contribution in [0.2, 0.25) is 0 Å². The van der Waals surface area contributed by atoms with Crippen molar-refractivity contribution in [3.63, 3.8) is 0 Å². The van der Waals surface area contributed by atoms with Crippen molar-refractivity contribution in [2.24, 2.45) is 0 Å². The number of anilines is 3. The zero-order chi connectivity index (χ0) is 23.4. The SMILES string of the molecule is CCCCN(C(=O)CN1CCCc2cc(C)cc(F)c21)c1c(N)n(CCC)c(=O)[nH]c1=O. The van der Waals surface area contributed by atoms with Crippen LogP contribution in [0, 0.1) is 12.7 Å². The van der Waals surface area contributed by atoms with E-state index in [9.17, 15) is 18.8 Å². The Morgan fingerprint density at radius 2 is 2.00 bits per heavy atom. The Morgan fingerprint density at radius 1 is 1.25 bits per heavy atom. The number of H-pyrrole nitrogens is 1. The highest BCUT2D eigenvalue weighted by molar-refractivity contribution is 5.98. The Balaban J connectivity index is 1.99. The van der Waals surface area contributed by atoms with Crippen LogP contribution in [0.5, 0.6) is 0 Å². The van der Waals surface area contributed by atoms with Crippen LogP contribution in [0.4, 0.5) is 21.6 Å². The van der Waals surface area contributed by atoms with E-state index in [1.54, 1.807) is 4.90 Å². The number of rotatable bonds is 8. The molecule has 0 unspecified atom stereocenters. The monoisotopic (exact) mass is 445 g/mol. The van der Waals surface area contributed by atoms with Gasteiger partial charge in [-0.3, -0.25) is 19.1 Å². The first-order valence-corrected chi connectivity index (χ1v) is 11.2. The molecule has 0 bridgehead atoms. The number of nitrogens with two attached hydrogens (primary N) is 1. The fourth-order valence-electron chi connectivity index (χ4n) is 4.29. The van der Waals surface area contributed by atoms with E-state index in [0.29, 0.717) is 31.6 Å². The Hall–Kier alpha value is -3.10. The van der Waals surface area contributed by atoms with E-state index >= 15 is 0 Å². The number of hydrogen-bond acceptors (Lipinski definition) is 5. The third kappa shape index (κ3) is 4.71. The van der Waals surface area contributed by atoms with Crippen molar-refractivity contribution < 1.29 is 9.18 Å². The molecule has 0 saturated carbocycles. The highest BCUT2D eigenvalue weighted by atomic mass is 19.1. The van der Waals surface area contributed by atoms with Crippen molar-refractivity contribution in [3.05, 3.63) is 49.9 Å². The molecular weight excluding hydrogens is 413 g/mol. The second-order valence-corrected chi connectivity index (χ2v) is 8.32. The number of halogens is 1. The van der Waals surface area contributed by atoms with E-state index in [2.05, 4.69) is 4.98 Å². The summed E-state index contributed by atoms with van der Waals surface area (Å²) in [4.78, 5) is 43.7. The van der Waals surface area contributed by atoms with Gasteiger partial charge < -0.3 is 15.5 Å². The lowest BCUT2D eigenvalue weighted by Crippen LogP contribution is -2.46. The number of nitrogens with zero attached hydrogens (tertiary/aromatic N) is 3. The van der Waals surface area contributed by atoms with Gasteiger partial charge in [-0.25, -0.2) is 9.18 Å². The van der Waals surface area contributed by atoms with Crippen molar-refractivity contribution in [2.75, 3.05) is 35.2 Å². The van der Waals surface area contributed by atoms with Crippen molar-refractivity contribution in [3.8, 4) is 0 Å². The quantitative estimate of drug-likeness (QED) is 0.650. The molecule has 1 aromatic carbocycles. The molecule has 1 aliphatic rings. The number of unbranched alkanes of at least 4 members (excludes halogenated alkanes) is 1. The Bertz CT molecular complexity index is 1110. The van der Waals surface area contributed by atoms with Gasteiger partial charge in [0.25, 0.3) is 5.56 Å². The molecule has 1 aromatic heterocycles. The molecule has 0 spiro atoms. The molecule has 3 rings (SSSR count). The molecule has 0 saturated heterocycles. The molecule has 174 valence electrons. The van der Waals surface area contributed by atoms with E-state index in [4.69, 9.17) is 5.73 Å². The molecule has 0 aliphatic carbocycles. The van der Waals surface area contributed by atoms with Gasteiger partial charge in [0.2, 0.25) is 5.91 Å². The summed E-state index contributed by atoms with van der Waals surface area (Å²) in [7, 11) is 0. The van der Waals surface area contributed by atoms with Crippen LogP contribution in [0.25, 0.3) is 0 Å². The average molecular weight is 446 g/mol. The zero-order valence-corrected chi connectivity index (χ0v) is 19.0. The third-order valence-electron chi connectivity index (χ3n) is 5.77. The van der Waals surface area contributed by atoms with E-state index < -0.39 is 11.2 Å². The summed E-state index contributed by atoms with van der Waals surface area (Å²) in [6, 6.07) is 3.42. The number of amides is 1. The number of carbonyl (C=O) groups is 1. The van der Waals surface area contributed by atoms with Gasteiger partial charge in [-0.05, 0) is 49.8 Å². The highest BCUT2D eigenvalue weighted by Crippen LogP contribution is 2.31. The lowest BCUT2D eigenvalue weighted by atomic mass is 9.99. The number of aryl methyl sites for hydroxylation is 2. The number of carbonyl (C=O) groups excluding carboxylic acids is 1.